The Bertz CT molecular complexity index is 953. The molecule has 1 aliphatic heterocycles. The second-order valence-electron chi connectivity index (χ2n) is 7.08. The number of rotatable bonds is 4. The highest BCUT2D eigenvalue weighted by atomic mass is 16.1. The highest BCUT2D eigenvalue weighted by molar-refractivity contribution is 6.04. The number of hydrogen-bond acceptors (Lipinski definition) is 3. The van der Waals surface area contributed by atoms with Crippen LogP contribution in [0, 0.1) is 13.8 Å². The molecule has 138 valence electrons. The summed E-state index contributed by atoms with van der Waals surface area (Å²) in [4.78, 5) is 15.0. The Morgan fingerprint density at radius 1 is 0.963 bits per heavy atom. The molecule has 0 unspecified atom stereocenters. The molecule has 2 aromatic carbocycles. The fourth-order valence-corrected chi connectivity index (χ4v) is 3.55. The van der Waals surface area contributed by atoms with Gasteiger partial charge in [-0.05, 0) is 80.8 Å². The second-order valence-corrected chi connectivity index (χ2v) is 7.08. The van der Waals surface area contributed by atoms with E-state index in [1.54, 1.807) is 6.20 Å². The molecular formula is C22H24N4O. The fourth-order valence-electron chi connectivity index (χ4n) is 3.55. The monoisotopic (exact) mass is 360 g/mol. The number of amides is 1. The smallest absolute Gasteiger partial charge is 0.255 e. The van der Waals surface area contributed by atoms with Gasteiger partial charge in [0.2, 0.25) is 0 Å². The zero-order valence-electron chi connectivity index (χ0n) is 15.8. The van der Waals surface area contributed by atoms with Crippen LogP contribution in [0.1, 0.15) is 34.5 Å². The molecule has 5 heteroatoms. The normalized spacial score (nSPS) is 13.8. The first kappa shape index (κ1) is 17.3. The van der Waals surface area contributed by atoms with Crippen molar-refractivity contribution >= 4 is 17.3 Å². The molecule has 0 radical (unpaired) electrons. The van der Waals surface area contributed by atoms with Crippen LogP contribution >= 0.6 is 0 Å². The molecule has 5 nitrogen and oxygen atoms in total. The van der Waals surface area contributed by atoms with Gasteiger partial charge in [0.25, 0.3) is 5.91 Å². The summed E-state index contributed by atoms with van der Waals surface area (Å²) in [5.74, 6) is -0.101. The van der Waals surface area contributed by atoms with Gasteiger partial charge in [-0.25, -0.2) is 4.68 Å². The maximum absolute atomic E-state index is 12.6. The standard InChI is InChI=1S/C22H24N4O/c1-16-15-20(25-13-3-4-14-25)9-10-21(16)24-22(27)18-5-7-19(8-6-18)26-17(2)11-12-23-26/h5-12,15H,3-4,13-14H2,1-2H3,(H,24,27). The molecule has 1 amide bonds. The Balaban J connectivity index is 1.48. The third kappa shape index (κ3) is 3.58. The molecule has 1 aliphatic rings. The molecule has 1 fully saturated rings. The van der Waals surface area contributed by atoms with E-state index in [2.05, 4.69) is 27.4 Å². The molecule has 2 heterocycles. The van der Waals surface area contributed by atoms with Crippen molar-refractivity contribution in [3.63, 3.8) is 0 Å². The van der Waals surface area contributed by atoms with E-state index < -0.39 is 0 Å². The van der Waals surface area contributed by atoms with Gasteiger partial charge < -0.3 is 10.2 Å². The van der Waals surface area contributed by atoms with E-state index in [4.69, 9.17) is 0 Å². The van der Waals surface area contributed by atoms with Crippen LogP contribution in [0.15, 0.2) is 54.7 Å². The number of carbonyl (C=O) groups excluding carboxylic acids is 1. The van der Waals surface area contributed by atoms with Crippen molar-refractivity contribution in [2.75, 3.05) is 23.3 Å². The van der Waals surface area contributed by atoms with E-state index >= 15 is 0 Å². The van der Waals surface area contributed by atoms with Crippen LogP contribution in [-0.2, 0) is 0 Å². The highest BCUT2D eigenvalue weighted by Gasteiger charge is 2.14. The van der Waals surface area contributed by atoms with Gasteiger partial charge in [0.1, 0.15) is 0 Å². The Labute approximate surface area is 159 Å². The molecule has 0 atom stereocenters. The Kier molecular flexibility index (Phi) is 4.67. The van der Waals surface area contributed by atoms with Crippen molar-refractivity contribution in [3.05, 3.63) is 71.5 Å². The first-order valence-corrected chi connectivity index (χ1v) is 9.40. The number of hydrogen-bond donors (Lipinski definition) is 1. The average molecular weight is 360 g/mol. The number of carbonyl (C=O) groups is 1. The minimum Gasteiger partial charge on any atom is -0.372 e. The van der Waals surface area contributed by atoms with Crippen LogP contribution in [0.2, 0.25) is 0 Å². The number of aryl methyl sites for hydroxylation is 2. The molecule has 1 aromatic heterocycles. The van der Waals surface area contributed by atoms with Crippen LogP contribution in [0.5, 0.6) is 0 Å². The molecule has 0 spiro atoms. The van der Waals surface area contributed by atoms with Gasteiger partial charge in [0.05, 0.1) is 5.69 Å². The topological polar surface area (TPSA) is 50.2 Å². The van der Waals surface area contributed by atoms with Crippen molar-refractivity contribution in [1.82, 2.24) is 9.78 Å². The zero-order chi connectivity index (χ0) is 18.8. The van der Waals surface area contributed by atoms with Crippen molar-refractivity contribution in [1.29, 1.82) is 0 Å². The second kappa shape index (κ2) is 7.27. The lowest BCUT2D eigenvalue weighted by Crippen LogP contribution is -2.18. The summed E-state index contributed by atoms with van der Waals surface area (Å²) in [6.07, 6.45) is 4.28. The first-order chi connectivity index (χ1) is 13.1. The van der Waals surface area contributed by atoms with Gasteiger partial charge in [0.15, 0.2) is 0 Å². The summed E-state index contributed by atoms with van der Waals surface area (Å²) in [6, 6.07) is 15.7. The van der Waals surface area contributed by atoms with E-state index in [9.17, 15) is 4.79 Å². The van der Waals surface area contributed by atoms with Gasteiger partial charge in [-0.15, -0.1) is 0 Å². The first-order valence-electron chi connectivity index (χ1n) is 9.40. The molecule has 27 heavy (non-hydrogen) atoms. The number of nitrogens with zero attached hydrogens (tertiary/aromatic N) is 3. The van der Waals surface area contributed by atoms with E-state index in [-0.39, 0.29) is 5.91 Å². The number of benzene rings is 2. The van der Waals surface area contributed by atoms with Crippen LogP contribution in [-0.4, -0.2) is 28.8 Å². The Morgan fingerprint density at radius 2 is 1.67 bits per heavy atom. The minimum absolute atomic E-state index is 0.101. The Morgan fingerprint density at radius 3 is 2.30 bits per heavy atom. The molecule has 0 bridgehead atoms. The molecule has 0 saturated carbocycles. The maximum atomic E-state index is 12.6. The third-order valence-electron chi connectivity index (χ3n) is 5.14. The van der Waals surface area contributed by atoms with E-state index in [1.807, 2.05) is 54.9 Å². The zero-order valence-corrected chi connectivity index (χ0v) is 15.8. The molecule has 4 rings (SSSR count). The Hall–Kier alpha value is -3.08. The van der Waals surface area contributed by atoms with E-state index in [1.165, 1.54) is 18.5 Å². The number of nitrogens with one attached hydrogen (secondary N) is 1. The summed E-state index contributed by atoms with van der Waals surface area (Å²) < 4.78 is 1.85. The van der Waals surface area contributed by atoms with Gasteiger partial charge >= 0.3 is 0 Å². The summed E-state index contributed by atoms with van der Waals surface area (Å²) in [5, 5.41) is 7.32. The van der Waals surface area contributed by atoms with Crippen LogP contribution in [0.3, 0.4) is 0 Å². The lowest BCUT2D eigenvalue weighted by atomic mass is 10.1. The van der Waals surface area contributed by atoms with Gasteiger partial charge in [-0.3, -0.25) is 4.79 Å². The molecule has 1 N–H and O–H groups in total. The van der Waals surface area contributed by atoms with Crippen LogP contribution in [0.4, 0.5) is 11.4 Å². The largest absolute Gasteiger partial charge is 0.372 e. The van der Waals surface area contributed by atoms with Crippen LogP contribution in [0.25, 0.3) is 5.69 Å². The predicted octanol–water partition coefficient (Wildman–Crippen LogP) is 4.34. The summed E-state index contributed by atoms with van der Waals surface area (Å²) in [7, 11) is 0. The number of anilines is 2. The summed E-state index contributed by atoms with van der Waals surface area (Å²) in [6.45, 7) is 6.28. The van der Waals surface area contributed by atoms with Crippen molar-refractivity contribution in [2.45, 2.75) is 26.7 Å². The van der Waals surface area contributed by atoms with E-state index in [0.29, 0.717) is 5.56 Å². The quantitative estimate of drug-likeness (QED) is 0.753. The molecule has 1 saturated heterocycles. The lowest BCUT2D eigenvalue weighted by Gasteiger charge is -2.19. The average Bonchev–Trinajstić information content (AvgIpc) is 3.35. The molecule has 3 aromatic rings. The third-order valence-corrected chi connectivity index (χ3v) is 5.14. The van der Waals surface area contributed by atoms with Crippen molar-refractivity contribution in [2.24, 2.45) is 0 Å². The molecule has 0 aliphatic carbocycles. The summed E-state index contributed by atoms with van der Waals surface area (Å²) in [5.41, 5.74) is 5.81. The van der Waals surface area contributed by atoms with Crippen LogP contribution < -0.4 is 10.2 Å². The van der Waals surface area contributed by atoms with E-state index in [0.717, 1.165) is 35.7 Å². The SMILES string of the molecule is Cc1cc(N2CCCC2)ccc1NC(=O)c1ccc(-n2nccc2C)cc1. The van der Waals surface area contributed by atoms with Gasteiger partial charge in [-0.1, -0.05) is 0 Å². The van der Waals surface area contributed by atoms with Gasteiger partial charge in [0, 0.05) is 41.9 Å². The fraction of sp³-hybridized carbons (Fsp3) is 0.273. The maximum Gasteiger partial charge on any atom is 0.255 e. The van der Waals surface area contributed by atoms with Crippen molar-refractivity contribution < 1.29 is 4.79 Å². The molecular weight excluding hydrogens is 336 g/mol. The lowest BCUT2D eigenvalue weighted by molar-refractivity contribution is 0.102. The highest BCUT2D eigenvalue weighted by Crippen LogP contribution is 2.26. The predicted molar refractivity (Wildman–Crippen MR) is 109 cm³/mol. The minimum atomic E-state index is -0.101. The summed E-state index contributed by atoms with van der Waals surface area (Å²) >= 11 is 0. The van der Waals surface area contributed by atoms with Crippen molar-refractivity contribution in [3.8, 4) is 5.69 Å². The van der Waals surface area contributed by atoms with Gasteiger partial charge in [-0.2, -0.15) is 5.10 Å². The number of aromatic nitrogens is 2.